The average molecular weight is 258 g/mol. The highest BCUT2D eigenvalue weighted by molar-refractivity contribution is 5.68. The molecule has 1 heterocycles. The van der Waals surface area contributed by atoms with E-state index in [0.29, 0.717) is 25.4 Å². The van der Waals surface area contributed by atoms with E-state index in [1.807, 2.05) is 27.8 Å². The Kier molecular flexibility index (Phi) is 5.27. The van der Waals surface area contributed by atoms with E-state index in [9.17, 15) is 4.79 Å². The zero-order chi connectivity index (χ0) is 13.6. The lowest BCUT2D eigenvalue weighted by molar-refractivity contribution is 0.0217. The van der Waals surface area contributed by atoms with Gasteiger partial charge in [-0.2, -0.15) is 0 Å². The Labute approximate surface area is 108 Å². The van der Waals surface area contributed by atoms with Gasteiger partial charge in [0.25, 0.3) is 0 Å². The van der Waals surface area contributed by atoms with Crippen molar-refractivity contribution in [1.29, 1.82) is 0 Å². The number of rotatable bonds is 5. The van der Waals surface area contributed by atoms with Crippen molar-refractivity contribution in [1.82, 2.24) is 10.2 Å². The van der Waals surface area contributed by atoms with Crippen molar-refractivity contribution in [2.75, 3.05) is 33.5 Å². The highest BCUT2D eigenvalue weighted by Crippen LogP contribution is 2.13. The molecule has 0 unspecified atom stereocenters. The molecule has 0 radical (unpaired) electrons. The molecule has 0 saturated carbocycles. The molecular formula is C12H22N2O4. The molecule has 0 fully saturated rings. The van der Waals surface area contributed by atoms with Gasteiger partial charge in [0.2, 0.25) is 6.79 Å². The number of likely N-dealkylation sites (N-methyl/N-ethyl adjacent to an activating group) is 1. The monoisotopic (exact) mass is 258 g/mol. The largest absolute Gasteiger partial charge is 0.462 e. The van der Waals surface area contributed by atoms with Crippen LogP contribution in [0.15, 0.2) is 12.0 Å². The first-order valence-electron chi connectivity index (χ1n) is 5.98. The molecule has 0 aliphatic carbocycles. The number of nitrogens with one attached hydrogen (secondary N) is 1. The molecule has 0 aromatic rings. The van der Waals surface area contributed by atoms with Gasteiger partial charge in [-0.25, -0.2) is 4.79 Å². The molecular weight excluding hydrogens is 236 g/mol. The molecule has 1 aliphatic rings. The Balaban J connectivity index is 2.55. The smallest absolute Gasteiger partial charge is 0.410 e. The molecule has 0 atom stereocenters. The van der Waals surface area contributed by atoms with E-state index in [1.165, 1.54) is 6.26 Å². The molecule has 6 heteroatoms. The van der Waals surface area contributed by atoms with E-state index in [-0.39, 0.29) is 12.9 Å². The summed E-state index contributed by atoms with van der Waals surface area (Å²) < 4.78 is 15.5. The van der Waals surface area contributed by atoms with Crippen molar-refractivity contribution in [2.24, 2.45) is 0 Å². The maximum Gasteiger partial charge on any atom is 0.410 e. The van der Waals surface area contributed by atoms with Gasteiger partial charge in [-0.05, 0) is 27.8 Å². The molecule has 1 aliphatic heterocycles. The number of ether oxygens (including phenoxy) is 3. The Morgan fingerprint density at radius 3 is 2.78 bits per heavy atom. The van der Waals surface area contributed by atoms with Crippen LogP contribution >= 0.6 is 0 Å². The van der Waals surface area contributed by atoms with Crippen molar-refractivity contribution in [3.63, 3.8) is 0 Å². The van der Waals surface area contributed by atoms with Crippen LogP contribution in [-0.2, 0) is 14.2 Å². The van der Waals surface area contributed by atoms with Crippen molar-refractivity contribution >= 4 is 6.09 Å². The van der Waals surface area contributed by atoms with Gasteiger partial charge in [-0.1, -0.05) is 0 Å². The van der Waals surface area contributed by atoms with Gasteiger partial charge in [0.15, 0.2) is 5.76 Å². The lowest BCUT2D eigenvalue weighted by atomic mass is 10.2. The van der Waals surface area contributed by atoms with Gasteiger partial charge >= 0.3 is 6.09 Å². The predicted molar refractivity (Wildman–Crippen MR) is 66.9 cm³/mol. The Morgan fingerprint density at radius 1 is 1.56 bits per heavy atom. The topological polar surface area (TPSA) is 60.0 Å². The number of hydrogen-bond donors (Lipinski definition) is 1. The molecule has 0 aromatic heterocycles. The number of nitrogens with zero attached hydrogens (tertiary/aromatic N) is 1. The van der Waals surface area contributed by atoms with Crippen LogP contribution in [0.1, 0.15) is 20.8 Å². The fraction of sp³-hybridized carbons (Fsp3) is 0.750. The van der Waals surface area contributed by atoms with Crippen LogP contribution in [0.3, 0.4) is 0 Å². The Morgan fingerprint density at radius 2 is 2.28 bits per heavy atom. The first kappa shape index (κ1) is 14.6. The lowest BCUT2D eigenvalue weighted by Gasteiger charge is -2.27. The standard InChI is InChI=1S/C12H22N2O4/c1-12(2,3)18-11(15)14(6-5-13-4)7-10-8-16-9-17-10/h8,13H,5-7,9H2,1-4H3. The molecule has 0 bridgehead atoms. The van der Waals surface area contributed by atoms with Gasteiger partial charge in [0.05, 0.1) is 6.54 Å². The van der Waals surface area contributed by atoms with Crippen LogP contribution in [0, 0.1) is 0 Å². The van der Waals surface area contributed by atoms with Gasteiger partial charge in [-0.3, -0.25) is 4.90 Å². The van der Waals surface area contributed by atoms with Gasteiger partial charge in [0, 0.05) is 13.1 Å². The van der Waals surface area contributed by atoms with E-state index in [1.54, 1.807) is 4.90 Å². The summed E-state index contributed by atoms with van der Waals surface area (Å²) in [6.45, 7) is 7.33. The number of hydrogen-bond acceptors (Lipinski definition) is 5. The van der Waals surface area contributed by atoms with E-state index in [4.69, 9.17) is 14.2 Å². The minimum Gasteiger partial charge on any atom is -0.462 e. The summed E-state index contributed by atoms with van der Waals surface area (Å²) in [4.78, 5) is 13.6. The third kappa shape index (κ3) is 5.27. The first-order chi connectivity index (χ1) is 8.42. The maximum absolute atomic E-state index is 12.0. The summed E-state index contributed by atoms with van der Waals surface area (Å²) in [6, 6.07) is 0. The van der Waals surface area contributed by atoms with Crippen molar-refractivity contribution in [3.8, 4) is 0 Å². The molecule has 1 rings (SSSR count). The van der Waals surface area contributed by atoms with E-state index in [2.05, 4.69) is 5.32 Å². The summed E-state index contributed by atoms with van der Waals surface area (Å²) >= 11 is 0. The Bertz CT molecular complexity index is 310. The molecule has 104 valence electrons. The highest BCUT2D eigenvalue weighted by atomic mass is 16.7. The molecule has 0 spiro atoms. The molecule has 6 nitrogen and oxygen atoms in total. The minimum absolute atomic E-state index is 0.212. The van der Waals surface area contributed by atoms with Gasteiger partial charge < -0.3 is 19.5 Å². The third-order valence-electron chi connectivity index (χ3n) is 2.16. The van der Waals surface area contributed by atoms with Crippen LogP contribution in [0.25, 0.3) is 0 Å². The fourth-order valence-corrected chi connectivity index (χ4v) is 1.35. The van der Waals surface area contributed by atoms with Gasteiger partial charge in [-0.15, -0.1) is 0 Å². The molecule has 0 aromatic carbocycles. The highest BCUT2D eigenvalue weighted by Gasteiger charge is 2.23. The second kappa shape index (κ2) is 6.49. The predicted octanol–water partition coefficient (Wildman–Crippen LogP) is 1.29. The minimum atomic E-state index is -0.504. The second-order valence-corrected chi connectivity index (χ2v) is 5.02. The quantitative estimate of drug-likeness (QED) is 0.805. The summed E-state index contributed by atoms with van der Waals surface area (Å²) in [7, 11) is 1.84. The summed E-state index contributed by atoms with van der Waals surface area (Å²) in [5.41, 5.74) is -0.504. The zero-order valence-corrected chi connectivity index (χ0v) is 11.5. The van der Waals surface area contributed by atoms with Gasteiger partial charge in [0.1, 0.15) is 11.9 Å². The van der Waals surface area contributed by atoms with Crippen molar-refractivity contribution < 1.29 is 19.0 Å². The number of carbonyl (C=O) groups excluding carboxylic acids is 1. The van der Waals surface area contributed by atoms with E-state index in [0.717, 1.165) is 0 Å². The van der Waals surface area contributed by atoms with Crippen LogP contribution in [-0.4, -0.2) is 50.1 Å². The zero-order valence-electron chi connectivity index (χ0n) is 11.5. The van der Waals surface area contributed by atoms with E-state index < -0.39 is 5.60 Å². The normalized spacial score (nSPS) is 14.6. The molecule has 1 N–H and O–H groups in total. The SMILES string of the molecule is CNCCN(CC1=COCO1)C(=O)OC(C)(C)C. The lowest BCUT2D eigenvalue weighted by Crippen LogP contribution is -2.41. The van der Waals surface area contributed by atoms with Crippen LogP contribution in [0.4, 0.5) is 4.79 Å². The molecule has 18 heavy (non-hydrogen) atoms. The van der Waals surface area contributed by atoms with E-state index >= 15 is 0 Å². The van der Waals surface area contributed by atoms with Crippen LogP contribution < -0.4 is 5.32 Å². The van der Waals surface area contributed by atoms with Crippen molar-refractivity contribution in [3.05, 3.63) is 12.0 Å². The number of carbonyl (C=O) groups is 1. The maximum atomic E-state index is 12.0. The van der Waals surface area contributed by atoms with Crippen LogP contribution in [0.2, 0.25) is 0 Å². The summed E-state index contributed by atoms with van der Waals surface area (Å²) in [6.07, 6.45) is 1.17. The summed E-state index contributed by atoms with van der Waals surface area (Å²) in [5.74, 6) is 0.636. The fourth-order valence-electron chi connectivity index (χ4n) is 1.35. The molecule has 0 saturated heterocycles. The number of amides is 1. The second-order valence-electron chi connectivity index (χ2n) is 5.02. The average Bonchev–Trinajstić information content (AvgIpc) is 2.74. The first-order valence-corrected chi connectivity index (χ1v) is 5.98. The summed E-state index contributed by atoms with van der Waals surface area (Å²) in [5, 5.41) is 3.00. The third-order valence-corrected chi connectivity index (χ3v) is 2.16. The van der Waals surface area contributed by atoms with Crippen LogP contribution in [0.5, 0.6) is 0 Å². The Hall–Kier alpha value is -1.43. The molecule has 1 amide bonds. The van der Waals surface area contributed by atoms with Crippen molar-refractivity contribution in [2.45, 2.75) is 26.4 Å².